The van der Waals surface area contributed by atoms with Gasteiger partial charge in [-0.1, -0.05) is 34.1 Å². The van der Waals surface area contributed by atoms with Crippen LogP contribution in [0.15, 0.2) is 38.0 Å². The molecule has 1 saturated carbocycles. The van der Waals surface area contributed by atoms with Gasteiger partial charge in [-0.15, -0.1) is 0 Å². The van der Waals surface area contributed by atoms with E-state index in [0.29, 0.717) is 16.8 Å². The van der Waals surface area contributed by atoms with Crippen LogP contribution >= 0.6 is 31.9 Å². The maximum atomic E-state index is 11.9. The van der Waals surface area contributed by atoms with Crippen LogP contribution in [0.5, 0.6) is 0 Å². The molecule has 19 heavy (non-hydrogen) atoms. The van der Waals surface area contributed by atoms with E-state index in [0.717, 1.165) is 34.4 Å². The van der Waals surface area contributed by atoms with Gasteiger partial charge in [-0.25, -0.2) is 4.98 Å². The van der Waals surface area contributed by atoms with Gasteiger partial charge >= 0.3 is 0 Å². The van der Waals surface area contributed by atoms with Crippen LogP contribution in [0, 0.1) is 0 Å². The molecule has 2 aromatic rings. The Morgan fingerprint density at radius 2 is 2.00 bits per heavy atom. The average molecular weight is 384 g/mol. The number of H-pyrrole nitrogens is 1. The molecule has 98 valence electrons. The Kier molecular flexibility index (Phi) is 3.58. The normalized spacial score (nSPS) is 14.6. The van der Waals surface area contributed by atoms with Gasteiger partial charge in [0.2, 0.25) is 0 Å². The molecule has 1 fully saturated rings. The Labute approximate surface area is 127 Å². The first-order valence-electron chi connectivity index (χ1n) is 6.17. The number of nitrogens with one attached hydrogen (secondary N) is 1. The lowest BCUT2D eigenvalue weighted by molar-refractivity contribution is 0.869. The standard InChI is InChI=1S/C14H12Br2N2O/c15-10-4-2-1-3-9(10)7-11-17-13(8-5-6-8)12(16)14(19)18-11/h1-4,8H,5-7H2,(H,17,18,19). The molecule has 3 nitrogen and oxygen atoms in total. The van der Waals surface area contributed by atoms with Gasteiger partial charge in [0.15, 0.2) is 0 Å². The van der Waals surface area contributed by atoms with Gasteiger partial charge < -0.3 is 4.98 Å². The fourth-order valence-electron chi connectivity index (χ4n) is 2.06. The largest absolute Gasteiger partial charge is 0.309 e. The number of aromatic amines is 1. The Morgan fingerprint density at radius 3 is 2.68 bits per heavy atom. The van der Waals surface area contributed by atoms with Crippen molar-refractivity contribution < 1.29 is 0 Å². The van der Waals surface area contributed by atoms with Crippen LogP contribution in [0.25, 0.3) is 0 Å². The highest BCUT2D eigenvalue weighted by atomic mass is 79.9. The molecule has 3 rings (SSSR count). The highest BCUT2D eigenvalue weighted by molar-refractivity contribution is 9.10. The summed E-state index contributed by atoms with van der Waals surface area (Å²) in [6.45, 7) is 0. The second-order valence-electron chi connectivity index (χ2n) is 4.75. The van der Waals surface area contributed by atoms with Crippen molar-refractivity contribution in [1.29, 1.82) is 0 Å². The van der Waals surface area contributed by atoms with Gasteiger partial charge in [-0.2, -0.15) is 0 Å². The van der Waals surface area contributed by atoms with Crippen molar-refractivity contribution in [3.63, 3.8) is 0 Å². The van der Waals surface area contributed by atoms with E-state index in [1.165, 1.54) is 0 Å². The number of halogens is 2. The molecular weight excluding hydrogens is 372 g/mol. The first kappa shape index (κ1) is 13.1. The van der Waals surface area contributed by atoms with Crippen LogP contribution in [-0.2, 0) is 6.42 Å². The summed E-state index contributed by atoms with van der Waals surface area (Å²) in [7, 11) is 0. The predicted octanol–water partition coefficient (Wildman–Crippen LogP) is 3.76. The summed E-state index contributed by atoms with van der Waals surface area (Å²) in [6.07, 6.45) is 2.89. The van der Waals surface area contributed by atoms with E-state index in [1.54, 1.807) is 0 Å². The lowest BCUT2D eigenvalue weighted by Crippen LogP contribution is -2.15. The maximum absolute atomic E-state index is 11.9. The van der Waals surface area contributed by atoms with Crippen molar-refractivity contribution >= 4 is 31.9 Å². The molecule has 1 heterocycles. The summed E-state index contributed by atoms with van der Waals surface area (Å²) in [4.78, 5) is 19.4. The maximum Gasteiger partial charge on any atom is 0.265 e. The van der Waals surface area contributed by atoms with E-state index in [2.05, 4.69) is 41.8 Å². The van der Waals surface area contributed by atoms with Gasteiger partial charge in [0, 0.05) is 16.8 Å². The molecule has 0 bridgehead atoms. The molecule has 0 saturated heterocycles. The third-order valence-electron chi connectivity index (χ3n) is 3.22. The zero-order chi connectivity index (χ0) is 13.4. The summed E-state index contributed by atoms with van der Waals surface area (Å²) in [5, 5.41) is 0. The summed E-state index contributed by atoms with van der Waals surface area (Å²) >= 11 is 6.86. The summed E-state index contributed by atoms with van der Waals surface area (Å²) in [5.74, 6) is 1.18. The predicted molar refractivity (Wildman–Crippen MR) is 81.5 cm³/mol. The molecule has 1 aliphatic carbocycles. The molecule has 0 radical (unpaired) electrons. The molecule has 0 atom stereocenters. The monoisotopic (exact) mass is 382 g/mol. The van der Waals surface area contributed by atoms with Crippen molar-refractivity contribution in [3.05, 3.63) is 60.6 Å². The molecule has 1 aromatic heterocycles. The quantitative estimate of drug-likeness (QED) is 0.876. The zero-order valence-electron chi connectivity index (χ0n) is 10.1. The molecule has 0 amide bonds. The third-order valence-corrected chi connectivity index (χ3v) is 4.76. The van der Waals surface area contributed by atoms with Crippen LogP contribution < -0.4 is 5.56 Å². The molecule has 1 aromatic carbocycles. The van der Waals surface area contributed by atoms with Gasteiger partial charge in [-0.3, -0.25) is 4.79 Å². The summed E-state index contributed by atoms with van der Waals surface area (Å²) in [6, 6.07) is 7.98. The Hall–Kier alpha value is -0.940. The second kappa shape index (κ2) is 5.21. The van der Waals surface area contributed by atoms with Crippen LogP contribution in [0.4, 0.5) is 0 Å². The van der Waals surface area contributed by atoms with Crippen LogP contribution in [0.3, 0.4) is 0 Å². The number of hydrogen-bond donors (Lipinski definition) is 1. The average Bonchev–Trinajstić information content (AvgIpc) is 3.20. The van der Waals surface area contributed by atoms with Crippen molar-refractivity contribution in [2.75, 3.05) is 0 Å². The molecule has 0 unspecified atom stereocenters. The van der Waals surface area contributed by atoms with E-state index in [1.807, 2.05) is 24.3 Å². The first-order valence-corrected chi connectivity index (χ1v) is 7.75. The van der Waals surface area contributed by atoms with Gasteiger partial charge in [0.25, 0.3) is 5.56 Å². The summed E-state index contributed by atoms with van der Waals surface area (Å²) < 4.78 is 1.62. The van der Waals surface area contributed by atoms with Crippen molar-refractivity contribution in [3.8, 4) is 0 Å². The van der Waals surface area contributed by atoms with Crippen molar-refractivity contribution in [1.82, 2.24) is 9.97 Å². The smallest absolute Gasteiger partial charge is 0.265 e. The van der Waals surface area contributed by atoms with E-state index in [-0.39, 0.29) is 5.56 Å². The molecule has 0 aliphatic heterocycles. The fraction of sp³-hybridized carbons (Fsp3) is 0.286. The van der Waals surface area contributed by atoms with E-state index < -0.39 is 0 Å². The number of aromatic nitrogens is 2. The SMILES string of the molecule is O=c1[nH]c(Cc2ccccc2Br)nc(C2CC2)c1Br. The van der Waals surface area contributed by atoms with E-state index in [4.69, 9.17) is 0 Å². The van der Waals surface area contributed by atoms with Gasteiger partial charge in [0.05, 0.1) is 5.69 Å². The first-order chi connectivity index (χ1) is 9.15. The Bertz CT molecular complexity index is 677. The van der Waals surface area contributed by atoms with E-state index >= 15 is 0 Å². The van der Waals surface area contributed by atoms with Crippen LogP contribution in [0.2, 0.25) is 0 Å². The molecule has 1 N–H and O–H groups in total. The highest BCUT2D eigenvalue weighted by Crippen LogP contribution is 2.41. The number of hydrogen-bond acceptors (Lipinski definition) is 2. The highest BCUT2D eigenvalue weighted by Gasteiger charge is 2.28. The fourth-order valence-corrected chi connectivity index (χ4v) is 2.99. The van der Waals surface area contributed by atoms with Gasteiger partial charge in [0.1, 0.15) is 10.3 Å². The van der Waals surface area contributed by atoms with E-state index in [9.17, 15) is 4.79 Å². The number of rotatable bonds is 3. The molecular formula is C14H12Br2N2O. The molecule has 1 aliphatic rings. The van der Waals surface area contributed by atoms with Crippen LogP contribution in [-0.4, -0.2) is 9.97 Å². The minimum absolute atomic E-state index is 0.0843. The Balaban J connectivity index is 1.97. The minimum Gasteiger partial charge on any atom is -0.309 e. The molecule has 5 heteroatoms. The topological polar surface area (TPSA) is 45.8 Å². The van der Waals surface area contributed by atoms with Crippen molar-refractivity contribution in [2.24, 2.45) is 0 Å². The lowest BCUT2D eigenvalue weighted by atomic mass is 10.1. The van der Waals surface area contributed by atoms with Crippen molar-refractivity contribution in [2.45, 2.75) is 25.2 Å². The zero-order valence-corrected chi connectivity index (χ0v) is 13.3. The second-order valence-corrected chi connectivity index (χ2v) is 6.40. The lowest BCUT2D eigenvalue weighted by Gasteiger charge is -2.07. The van der Waals surface area contributed by atoms with Gasteiger partial charge in [-0.05, 0) is 40.4 Å². The number of nitrogens with zero attached hydrogens (tertiary/aromatic N) is 1. The third kappa shape index (κ3) is 2.82. The minimum atomic E-state index is -0.0843. The van der Waals surface area contributed by atoms with Crippen LogP contribution in [0.1, 0.15) is 35.8 Å². The number of benzene rings is 1. The summed E-state index contributed by atoms with van der Waals surface area (Å²) in [5.41, 5.74) is 1.94. The Morgan fingerprint density at radius 1 is 1.26 bits per heavy atom. The molecule has 0 spiro atoms.